The summed E-state index contributed by atoms with van der Waals surface area (Å²) in [7, 11) is -3.09. The van der Waals surface area contributed by atoms with Crippen molar-refractivity contribution in [1.29, 1.82) is 0 Å². The number of rotatable bonds is 7. The van der Waals surface area contributed by atoms with Gasteiger partial charge in [-0.05, 0) is 6.42 Å². The van der Waals surface area contributed by atoms with Crippen LogP contribution in [0, 0.1) is 0 Å². The molecule has 0 aliphatic heterocycles. The zero-order chi connectivity index (χ0) is 11.9. The highest BCUT2D eigenvalue weighted by molar-refractivity contribution is 7.81. The molecule has 0 bridgehead atoms. The molecule has 0 rings (SSSR count). The zero-order valence-corrected chi connectivity index (χ0v) is 9.50. The van der Waals surface area contributed by atoms with Crippen molar-refractivity contribution in [3.63, 3.8) is 0 Å². The Bertz CT molecular complexity index is 318. The van der Waals surface area contributed by atoms with E-state index in [0.29, 0.717) is 6.42 Å². The van der Waals surface area contributed by atoms with Crippen molar-refractivity contribution in [2.45, 2.75) is 13.3 Å². The van der Waals surface area contributed by atoms with Crippen molar-refractivity contribution in [3.8, 4) is 0 Å². The first-order valence-electron chi connectivity index (χ1n) is 4.22. The summed E-state index contributed by atoms with van der Waals surface area (Å²) >= 11 is 0. The minimum absolute atomic E-state index is 0.0796. The van der Waals surface area contributed by atoms with E-state index in [0.717, 1.165) is 7.11 Å². The van der Waals surface area contributed by atoms with Gasteiger partial charge < -0.3 is 4.74 Å². The van der Waals surface area contributed by atoms with Gasteiger partial charge in [0.1, 0.15) is 6.61 Å². The molecule has 0 aliphatic rings. The first kappa shape index (κ1) is 14.1. The summed E-state index contributed by atoms with van der Waals surface area (Å²) in [6.07, 6.45) is 0.677. The van der Waals surface area contributed by atoms with Crippen LogP contribution in [0.3, 0.4) is 0 Å². The van der Waals surface area contributed by atoms with E-state index in [1.807, 2.05) is 6.92 Å². The SMILES string of the molecule is C=C(COS(=O)(=O)OC)C(=O)OCCC. The molecular weight excluding hydrogens is 224 g/mol. The van der Waals surface area contributed by atoms with E-state index in [9.17, 15) is 13.2 Å². The lowest BCUT2D eigenvalue weighted by atomic mass is 10.3. The minimum Gasteiger partial charge on any atom is -0.462 e. The van der Waals surface area contributed by atoms with E-state index in [1.165, 1.54) is 0 Å². The molecule has 88 valence electrons. The van der Waals surface area contributed by atoms with Crippen molar-refractivity contribution in [3.05, 3.63) is 12.2 Å². The standard InChI is InChI=1S/C8H14O6S/c1-4-5-13-8(9)7(2)6-14-15(10,11)12-3/h2,4-6H2,1,3H3. The van der Waals surface area contributed by atoms with Crippen molar-refractivity contribution in [2.75, 3.05) is 20.3 Å². The Labute approximate surface area is 89.1 Å². The molecule has 0 aromatic heterocycles. The average molecular weight is 238 g/mol. The molecule has 0 unspecified atom stereocenters. The normalized spacial score (nSPS) is 11.1. The Hall–Kier alpha value is -0.920. The largest absolute Gasteiger partial charge is 0.462 e. The first-order valence-corrected chi connectivity index (χ1v) is 5.56. The second-order valence-electron chi connectivity index (χ2n) is 2.58. The van der Waals surface area contributed by atoms with Gasteiger partial charge in [0, 0.05) is 0 Å². The Morgan fingerprint density at radius 1 is 1.40 bits per heavy atom. The van der Waals surface area contributed by atoms with Crippen LogP contribution in [0.25, 0.3) is 0 Å². The lowest BCUT2D eigenvalue weighted by molar-refractivity contribution is -0.139. The van der Waals surface area contributed by atoms with Gasteiger partial charge in [-0.2, -0.15) is 8.42 Å². The highest BCUT2D eigenvalue weighted by Crippen LogP contribution is 2.01. The van der Waals surface area contributed by atoms with E-state index in [4.69, 9.17) is 4.74 Å². The Balaban J connectivity index is 3.99. The third kappa shape index (κ3) is 6.21. The molecule has 0 spiro atoms. The van der Waals surface area contributed by atoms with Crippen LogP contribution in [-0.4, -0.2) is 34.7 Å². The Morgan fingerprint density at radius 3 is 2.47 bits per heavy atom. The van der Waals surface area contributed by atoms with Gasteiger partial charge in [-0.25, -0.2) is 8.98 Å². The maximum absolute atomic E-state index is 11.1. The monoisotopic (exact) mass is 238 g/mol. The summed E-state index contributed by atoms with van der Waals surface area (Å²) in [5.41, 5.74) is -0.0796. The summed E-state index contributed by atoms with van der Waals surface area (Å²) in [6.45, 7) is 4.95. The first-order chi connectivity index (χ1) is 6.93. The fourth-order valence-corrected chi connectivity index (χ4v) is 0.930. The van der Waals surface area contributed by atoms with Crippen molar-refractivity contribution in [2.24, 2.45) is 0 Å². The summed E-state index contributed by atoms with van der Waals surface area (Å²) in [5, 5.41) is 0. The van der Waals surface area contributed by atoms with Gasteiger partial charge in [0.15, 0.2) is 0 Å². The Kier molecular flexibility index (Phi) is 6.14. The van der Waals surface area contributed by atoms with Crippen LogP contribution in [0.4, 0.5) is 0 Å². The topological polar surface area (TPSA) is 78.9 Å². The summed E-state index contributed by atoms with van der Waals surface area (Å²) in [6, 6.07) is 0. The van der Waals surface area contributed by atoms with Crippen LogP contribution >= 0.6 is 0 Å². The maximum atomic E-state index is 11.1. The molecule has 0 aromatic carbocycles. The molecule has 0 heterocycles. The van der Waals surface area contributed by atoms with E-state index in [2.05, 4.69) is 14.9 Å². The predicted molar refractivity (Wildman–Crippen MR) is 52.3 cm³/mol. The lowest BCUT2D eigenvalue weighted by Crippen LogP contribution is -2.16. The van der Waals surface area contributed by atoms with Crippen LogP contribution in [0.15, 0.2) is 12.2 Å². The average Bonchev–Trinajstić information content (AvgIpc) is 2.22. The van der Waals surface area contributed by atoms with Crippen LogP contribution in [-0.2, 0) is 28.3 Å². The molecule has 6 nitrogen and oxygen atoms in total. The molecule has 0 amide bonds. The summed E-state index contributed by atoms with van der Waals surface area (Å²) in [5.74, 6) is -0.678. The molecular formula is C8H14O6S. The van der Waals surface area contributed by atoms with Crippen molar-refractivity contribution in [1.82, 2.24) is 0 Å². The molecule has 0 radical (unpaired) electrons. The van der Waals surface area contributed by atoms with Crippen molar-refractivity contribution >= 4 is 16.4 Å². The number of ether oxygens (including phenoxy) is 1. The lowest BCUT2D eigenvalue weighted by Gasteiger charge is -2.06. The molecule has 0 atom stereocenters. The Morgan fingerprint density at radius 2 is 2.00 bits per heavy atom. The summed E-state index contributed by atoms with van der Waals surface area (Å²) in [4.78, 5) is 11.1. The highest BCUT2D eigenvalue weighted by Gasteiger charge is 2.14. The van der Waals surface area contributed by atoms with Gasteiger partial charge in [0.05, 0.1) is 19.3 Å². The fraction of sp³-hybridized carbons (Fsp3) is 0.625. The number of esters is 1. The zero-order valence-electron chi connectivity index (χ0n) is 8.69. The number of hydrogen-bond acceptors (Lipinski definition) is 6. The number of carbonyl (C=O) groups excluding carboxylic acids is 1. The molecule has 0 aromatic rings. The van der Waals surface area contributed by atoms with Gasteiger partial charge in [-0.1, -0.05) is 13.5 Å². The van der Waals surface area contributed by atoms with Gasteiger partial charge in [-0.3, -0.25) is 4.18 Å². The fourth-order valence-electron chi connectivity index (χ4n) is 0.547. The summed E-state index contributed by atoms with van der Waals surface area (Å²) < 4.78 is 34.4. The van der Waals surface area contributed by atoms with E-state index in [-0.39, 0.29) is 12.2 Å². The van der Waals surface area contributed by atoms with Crippen LogP contribution in [0.1, 0.15) is 13.3 Å². The van der Waals surface area contributed by atoms with E-state index in [1.54, 1.807) is 0 Å². The molecule has 0 aliphatic carbocycles. The second kappa shape index (κ2) is 6.54. The second-order valence-corrected chi connectivity index (χ2v) is 3.96. The molecule has 7 heteroatoms. The highest BCUT2D eigenvalue weighted by atomic mass is 32.3. The van der Waals surface area contributed by atoms with Gasteiger partial charge >= 0.3 is 16.4 Å². The number of carbonyl (C=O) groups is 1. The quantitative estimate of drug-likeness (QED) is 0.472. The third-order valence-corrected chi connectivity index (χ3v) is 2.12. The van der Waals surface area contributed by atoms with Crippen molar-refractivity contribution < 1.29 is 26.3 Å². The van der Waals surface area contributed by atoms with Crippen LogP contribution in [0.2, 0.25) is 0 Å². The minimum atomic E-state index is -4.04. The van der Waals surface area contributed by atoms with Crippen LogP contribution < -0.4 is 0 Å². The van der Waals surface area contributed by atoms with E-state index < -0.39 is 23.0 Å². The molecule has 0 fully saturated rings. The molecule has 0 saturated heterocycles. The molecule has 15 heavy (non-hydrogen) atoms. The predicted octanol–water partition coefficient (Wildman–Crippen LogP) is 0.404. The maximum Gasteiger partial charge on any atom is 0.399 e. The molecule has 0 saturated carbocycles. The number of hydrogen-bond donors (Lipinski definition) is 0. The van der Waals surface area contributed by atoms with Gasteiger partial charge in [0.25, 0.3) is 0 Å². The third-order valence-electron chi connectivity index (χ3n) is 1.31. The van der Waals surface area contributed by atoms with Gasteiger partial charge in [0.2, 0.25) is 0 Å². The van der Waals surface area contributed by atoms with E-state index >= 15 is 0 Å². The van der Waals surface area contributed by atoms with Gasteiger partial charge in [-0.15, -0.1) is 0 Å². The molecule has 0 N–H and O–H groups in total. The smallest absolute Gasteiger partial charge is 0.399 e. The van der Waals surface area contributed by atoms with Crippen LogP contribution in [0.5, 0.6) is 0 Å².